The molecule has 9 heteroatoms. The van der Waals surface area contributed by atoms with Crippen molar-refractivity contribution in [2.45, 2.75) is 13.1 Å². The monoisotopic (exact) mass is 353 g/mol. The van der Waals surface area contributed by atoms with Crippen molar-refractivity contribution in [1.82, 2.24) is 19.4 Å². The molecule has 1 aliphatic heterocycles. The van der Waals surface area contributed by atoms with Gasteiger partial charge in [-0.2, -0.15) is 8.78 Å². The van der Waals surface area contributed by atoms with Crippen LogP contribution in [0, 0.1) is 5.82 Å². The van der Waals surface area contributed by atoms with Crippen LogP contribution in [-0.4, -0.2) is 51.6 Å². The molecule has 0 atom stereocenters. The lowest BCUT2D eigenvalue weighted by Crippen LogP contribution is -2.49. The van der Waals surface area contributed by atoms with E-state index in [0.29, 0.717) is 44.2 Å². The number of alkyl halides is 2. The zero-order valence-corrected chi connectivity index (χ0v) is 13.4. The number of hydrogen-bond acceptors (Lipinski definition) is 3. The smallest absolute Gasteiger partial charge is 0.321 e. The number of halogens is 3. The van der Waals surface area contributed by atoms with Crippen LogP contribution in [0.5, 0.6) is 0 Å². The second kappa shape index (κ2) is 7.56. The van der Waals surface area contributed by atoms with Crippen molar-refractivity contribution in [3.63, 3.8) is 0 Å². The molecular formula is C16H18F3N5O. The van der Waals surface area contributed by atoms with E-state index in [2.05, 4.69) is 10.3 Å². The molecule has 1 aromatic carbocycles. The molecule has 0 saturated carbocycles. The third kappa shape index (κ3) is 4.30. The van der Waals surface area contributed by atoms with Gasteiger partial charge < -0.3 is 10.2 Å². The Morgan fingerprint density at radius 2 is 1.84 bits per heavy atom. The minimum atomic E-state index is -2.61. The summed E-state index contributed by atoms with van der Waals surface area (Å²) in [4.78, 5) is 19.8. The Balaban J connectivity index is 1.50. The summed E-state index contributed by atoms with van der Waals surface area (Å²) < 4.78 is 39.4. The SMILES string of the molecule is O=C(Nc1ccc(F)cc1)N1CCN(Cc2nccn2C(F)F)CC1. The van der Waals surface area contributed by atoms with E-state index in [-0.39, 0.29) is 11.8 Å². The van der Waals surface area contributed by atoms with E-state index in [0.717, 1.165) is 4.57 Å². The maximum atomic E-state index is 12.9. The highest BCUT2D eigenvalue weighted by atomic mass is 19.3. The standard InChI is InChI=1S/C16H18F3N5O/c17-12-1-3-13(4-2-12)21-16(25)23-9-7-22(8-10-23)11-14-20-5-6-24(14)15(18)19/h1-6,15H,7-11H2,(H,21,25). The van der Waals surface area contributed by atoms with Crippen LogP contribution in [0.3, 0.4) is 0 Å². The lowest BCUT2D eigenvalue weighted by atomic mass is 10.3. The fraction of sp³-hybridized carbons (Fsp3) is 0.375. The Morgan fingerprint density at radius 3 is 2.48 bits per heavy atom. The molecule has 3 rings (SSSR count). The summed E-state index contributed by atoms with van der Waals surface area (Å²) in [5.74, 6) is -0.0621. The van der Waals surface area contributed by atoms with E-state index >= 15 is 0 Å². The topological polar surface area (TPSA) is 53.4 Å². The Kier molecular flexibility index (Phi) is 5.22. The molecule has 0 radical (unpaired) electrons. The molecule has 1 aromatic heterocycles. The van der Waals surface area contributed by atoms with Crippen molar-refractivity contribution in [1.29, 1.82) is 0 Å². The van der Waals surface area contributed by atoms with Crippen LogP contribution in [0.2, 0.25) is 0 Å². The molecular weight excluding hydrogens is 335 g/mol. The molecule has 0 spiro atoms. The number of urea groups is 1. The van der Waals surface area contributed by atoms with E-state index in [4.69, 9.17) is 0 Å². The zero-order valence-electron chi connectivity index (χ0n) is 13.4. The molecule has 1 N–H and O–H groups in total. The van der Waals surface area contributed by atoms with Gasteiger partial charge in [-0.25, -0.2) is 14.2 Å². The van der Waals surface area contributed by atoms with Crippen molar-refractivity contribution >= 4 is 11.7 Å². The molecule has 2 aromatic rings. The number of aromatic nitrogens is 2. The Bertz CT molecular complexity index is 711. The number of anilines is 1. The van der Waals surface area contributed by atoms with Crippen molar-refractivity contribution in [2.75, 3.05) is 31.5 Å². The van der Waals surface area contributed by atoms with Crippen molar-refractivity contribution in [3.05, 3.63) is 48.3 Å². The normalized spacial score (nSPS) is 15.6. The minimum absolute atomic E-state index is 0.264. The predicted molar refractivity (Wildman–Crippen MR) is 85.7 cm³/mol. The van der Waals surface area contributed by atoms with E-state index < -0.39 is 6.55 Å². The molecule has 134 valence electrons. The van der Waals surface area contributed by atoms with Gasteiger partial charge >= 0.3 is 12.6 Å². The van der Waals surface area contributed by atoms with Gasteiger partial charge in [0.2, 0.25) is 0 Å². The average molecular weight is 353 g/mol. The molecule has 0 aliphatic carbocycles. The summed E-state index contributed by atoms with van der Waals surface area (Å²) >= 11 is 0. The van der Waals surface area contributed by atoms with E-state index in [1.54, 1.807) is 4.90 Å². The summed E-state index contributed by atoms with van der Waals surface area (Å²) in [6, 6.07) is 5.28. The second-order valence-corrected chi connectivity index (χ2v) is 5.73. The van der Waals surface area contributed by atoms with Gasteiger partial charge in [0, 0.05) is 44.3 Å². The first-order valence-electron chi connectivity index (χ1n) is 7.86. The molecule has 1 fully saturated rings. The molecule has 2 amide bonds. The van der Waals surface area contributed by atoms with Gasteiger partial charge in [-0.3, -0.25) is 9.47 Å². The first-order valence-corrected chi connectivity index (χ1v) is 7.86. The maximum Gasteiger partial charge on any atom is 0.321 e. The van der Waals surface area contributed by atoms with Crippen LogP contribution in [0.4, 0.5) is 23.7 Å². The average Bonchev–Trinajstić information content (AvgIpc) is 3.06. The van der Waals surface area contributed by atoms with Crippen LogP contribution in [0.25, 0.3) is 0 Å². The third-order valence-corrected chi connectivity index (χ3v) is 4.08. The van der Waals surface area contributed by atoms with Gasteiger partial charge in [-0.1, -0.05) is 0 Å². The van der Waals surface area contributed by atoms with Crippen LogP contribution < -0.4 is 5.32 Å². The Morgan fingerprint density at radius 1 is 1.16 bits per heavy atom. The van der Waals surface area contributed by atoms with Crippen LogP contribution in [-0.2, 0) is 6.54 Å². The molecule has 0 bridgehead atoms. The van der Waals surface area contributed by atoms with Crippen molar-refractivity contribution in [3.8, 4) is 0 Å². The fourth-order valence-electron chi connectivity index (χ4n) is 2.69. The lowest BCUT2D eigenvalue weighted by Gasteiger charge is -2.34. The van der Waals surface area contributed by atoms with Gasteiger partial charge in [0.1, 0.15) is 11.6 Å². The summed E-state index contributed by atoms with van der Waals surface area (Å²) in [6.45, 7) is -0.226. The number of nitrogens with one attached hydrogen (secondary N) is 1. The third-order valence-electron chi connectivity index (χ3n) is 4.08. The van der Waals surface area contributed by atoms with Crippen molar-refractivity contribution in [2.24, 2.45) is 0 Å². The van der Waals surface area contributed by atoms with Crippen LogP contribution in [0.1, 0.15) is 12.4 Å². The van der Waals surface area contributed by atoms with Gasteiger partial charge in [0.05, 0.1) is 6.54 Å². The van der Waals surface area contributed by atoms with Gasteiger partial charge in [-0.15, -0.1) is 0 Å². The fourth-order valence-corrected chi connectivity index (χ4v) is 2.69. The van der Waals surface area contributed by atoms with E-state index in [1.807, 2.05) is 4.90 Å². The Hall–Kier alpha value is -2.55. The number of carbonyl (C=O) groups is 1. The summed E-state index contributed by atoms with van der Waals surface area (Å²) in [5, 5.41) is 2.71. The number of rotatable bonds is 4. The largest absolute Gasteiger partial charge is 0.322 e. The highest BCUT2D eigenvalue weighted by molar-refractivity contribution is 5.89. The number of benzene rings is 1. The van der Waals surface area contributed by atoms with Gasteiger partial charge in [0.25, 0.3) is 0 Å². The van der Waals surface area contributed by atoms with Gasteiger partial charge in [0.15, 0.2) is 0 Å². The number of amides is 2. The summed E-state index contributed by atoms with van der Waals surface area (Å²) in [6.07, 6.45) is 2.61. The van der Waals surface area contributed by atoms with E-state index in [9.17, 15) is 18.0 Å². The minimum Gasteiger partial charge on any atom is -0.322 e. The van der Waals surface area contributed by atoms with Crippen LogP contribution in [0.15, 0.2) is 36.7 Å². The molecule has 1 saturated heterocycles. The highest BCUT2D eigenvalue weighted by Crippen LogP contribution is 2.15. The molecule has 1 aliphatic rings. The Labute approximate surface area is 142 Å². The van der Waals surface area contributed by atoms with Gasteiger partial charge in [-0.05, 0) is 24.3 Å². The molecule has 0 unspecified atom stereocenters. The number of carbonyl (C=O) groups excluding carboxylic acids is 1. The zero-order chi connectivity index (χ0) is 17.8. The number of hydrogen-bond donors (Lipinski definition) is 1. The number of imidazole rings is 1. The maximum absolute atomic E-state index is 12.9. The number of nitrogens with zero attached hydrogens (tertiary/aromatic N) is 4. The quantitative estimate of drug-likeness (QED) is 0.920. The molecule has 6 nitrogen and oxygen atoms in total. The molecule has 25 heavy (non-hydrogen) atoms. The van der Waals surface area contributed by atoms with Crippen molar-refractivity contribution < 1.29 is 18.0 Å². The predicted octanol–water partition coefficient (Wildman–Crippen LogP) is 2.77. The number of piperazine rings is 1. The molecule has 2 heterocycles. The summed E-state index contributed by atoms with van der Waals surface area (Å²) in [7, 11) is 0. The first kappa shape index (κ1) is 17.3. The van der Waals surface area contributed by atoms with E-state index in [1.165, 1.54) is 36.7 Å². The second-order valence-electron chi connectivity index (χ2n) is 5.73. The lowest BCUT2D eigenvalue weighted by molar-refractivity contribution is 0.0620. The first-order chi connectivity index (χ1) is 12.0. The van der Waals surface area contributed by atoms with Crippen LogP contribution >= 0.6 is 0 Å². The highest BCUT2D eigenvalue weighted by Gasteiger charge is 2.23. The summed E-state index contributed by atoms with van der Waals surface area (Å²) in [5.41, 5.74) is 0.521.